The van der Waals surface area contributed by atoms with Gasteiger partial charge in [0, 0.05) is 19.2 Å². The van der Waals surface area contributed by atoms with Crippen molar-refractivity contribution < 1.29 is 9.23 Å². The van der Waals surface area contributed by atoms with Crippen LogP contribution < -0.4 is 4.84 Å². The second-order valence-corrected chi connectivity index (χ2v) is 2.83. The molecule has 0 amide bonds. The van der Waals surface area contributed by atoms with Crippen molar-refractivity contribution in [2.45, 2.75) is 6.42 Å². The van der Waals surface area contributed by atoms with E-state index in [2.05, 4.69) is 0 Å². The number of hydrogen-bond donors (Lipinski definition) is 0. The van der Waals surface area contributed by atoms with Gasteiger partial charge in [-0.3, -0.25) is 0 Å². The molecule has 1 aliphatic rings. The van der Waals surface area contributed by atoms with Gasteiger partial charge in [-0.1, -0.05) is 6.07 Å². The summed E-state index contributed by atoms with van der Waals surface area (Å²) in [6, 6.07) is 6.19. The van der Waals surface area contributed by atoms with Crippen LogP contribution in [0.1, 0.15) is 6.42 Å². The van der Waals surface area contributed by atoms with Crippen molar-refractivity contribution in [1.82, 2.24) is 5.06 Å². The van der Waals surface area contributed by atoms with Gasteiger partial charge < -0.3 is 4.84 Å². The summed E-state index contributed by atoms with van der Waals surface area (Å²) in [6.07, 6.45) is 1.16. The van der Waals surface area contributed by atoms with Crippen LogP contribution >= 0.6 is 0 Å². The normalized spacial score (nSPS) is 17.1. The molecule has 1 aromatic rings. The lowest BCUT2D eigenvalue weighted by atomic mass is 10.3. The summed E-state index contributed by atoms with van der Waals surface area (Å²) in [5.41, 5.74) is 0. The van der Waals surface area contributed by atoms with E-state index in [-0.39, 0.29) is 5.82 Å². The smallest absolute Gasteiger partial charge is 0.150 e. The van der Waals surface area contributed by atoms with E-state index >= 15 is 0 Å². The number of halogens is 1. The highest BCUT2D eigenvalue weighted by Gasteiger charge is 2.15. The topological polar surface area (TPSA) is 12.5 Å². The predicted octanol–water partition coefficient (Wildman–Crippen LogP) is 1.83. The number of hydrogen-bond acceptors (Lipinski definition) is 2. The highest BCUT2D eigenvalue weighted by atomic mass is 19.1. The number of benzene rings is 1. The molecule has 0 saturated carbocycles. The lowest BCUT2D eigenvalue weighted by molar-refractivity contribution is -0.107. The standard InChI is InChI=1S/C9H10FNO/c10-8-3-1-4-9(7-8)12-11-5-2-6-11/h1,3-4,7H,2,5-6H2. The Hall–Kier alpha value is -1.09. The fourth-order valence-corrected chi connectivity index (χ4v) is 1.05. The Labute approximate surface area is 70.5 Å². The number of hydroxylamine groups is 2. The van der Waals surface area contributed by atoms with Crippen LogP contribution in [0.5, 0.6) is 5.75 Å². The van der Waals surface area contributed by atoms with Gasteiger partial charge in [0.15, 0.2) is 0 Å². The predicted molar refractivity (Wildman–Crippen MR) is 43.2 cm³/mol. The summed E-state index contributed by atoms with van der Waals surface area (Å²) in [5.74, 6) is 0.322. The molecule has 64 valence electrons. The van der Waals surface area contributed by atoms with Crippen LogP contribution in [-0.2, 0) is 0 Å². The summed E-state index contributed by atoms with van der Waals surface area (Å²) in [7, 11) is 0. The average Bonchev–Trinajstić information content (AvgIpc) is 1.97. The molecule has 1 aliphatic heterocycles. The van der Waals surface area contributed by atoms with E-state index in [0.717, 1.165) is 19.5 Å². The van der Waals surface area contributed by atoms with Gasteiger partial charge in [0.1, 0.15) is 11.6 Å². The van der Waals surface area contributed by atoms with E-state index in [0.29, 0.717) is 5.75 Å². The molecule has 1 heterocycles. The molecule has 0 spiro atoms. The van der Waals surface area contributed by atoms with Crippen LogP contribution in [0.4, 0.5) is 4.39 Å². The highest BCUT2D eigenvalue weighted by molar-refractivity contribution is 5.22. The molecule has 2 nitrogen and oxygen atoms in total. The van der Waals surface area contributed by atoms with Gasteiger partial charge in [0.2, 0.25) is 0 Å². The number of rotatable bonds is 2. The maximum atomic E-state index is 12.6. The van der Waals surface area contributed by atoms with E-state index in [1.54, 1.807) is 12.1 Å². The largest absolute Gasteiger partial charge is 0.406 e. The molecule has 0 aliphatic carbocycles. The second kappa shape index (κ2) is 3.11. The van der Waals surface area contributed by atoms with Gasteiger partial charge in [-0.15, -0.1) is 5.06 Å². The van der Waals surface area contributed by atoms with Crippen molar-refractivity contribution in [3.63, 3.8) is 0 Å². The monoisotopic (exact) mass is 167 g/mol. The zero-order valence-electron chi connectivity index (χ0n) is 6.66. The molecule has 0 unspecified atom stereocenters. The minimum Gasteiger partial charge on any atom is -0.406 e. The third-order valence-corrected chi connectivity index (χ3v) is 1.85. The van der Waals surface area contributed by atoms with E-state index < -0.39 is 0 Å². The van der Waals surface area contributed by atoms with Crippen molar-refractivity contribution in [3.05, 3.63) is 30.1 Å². The van der Waals surface area contributed by atoms with Crippen LogP contribution in [0.25, 0.3) is 0 Å². The first-order valence-electron chi connectivity index (χ1n) is 4.03. The van der Waals surface area contributed by atoms with Gasteiger partial charge in [0.25, 0.3) is 0 Å². The Morgan fingerprint density at radius 3 is 2.75 bits per heavy atom. The fourth-order valence-electron chi connectivity index (χ4n) is 1.05. The molecular formula is C9H10FNO. The maximum Gasteiger partial charge on any atom is 0.150 e. The zero-order chi connectivity index (χ0) is 8.39. The molecule has 1 fully saturated rings. The van der Waals surface area contributed by atoms with Gasteiger partial charge in [-0.05, 0) is 18.6 Å². The lowest BCUT2D eigenvalue weighted by Crippen LogP contribution is -2.39. The first-order valence-corrected chi connectivity index (χ1v) is 4.03. The van der Waals surface area contributed by atoms with E-state index in [9.17, 15) is 4.39 Å². The molecule has 0 bridgehead atoms. The van der Waals surface area contributed by atoms with Gasteiger partial charge >= 0.3 is 0 Å². The lowest BCUT2D eigenvalue weighted by Gasteiger charge is -2.29. The van der Waals surface area contributed by atoms with Crippen molar-refractivity contribution in [2.75, 3.05) is 13.1 Å². The molecule has 0 atom stereocenters. The van der Waals surface area contributed by atoms with Crippen LogP contribution in [0.2, 0.25) is 0 Å². The Morgan fingerprint density at radius 1 is 1.33 bits per heavy atom. The summed E-state index contributed by atoms with van der Waals surface area (Å²) < 4.78 is 12.6. The first kappa shape index (κ1) is 7.55. The van der Waals surface area contributed by atoms with Crippen LogP contribution in [-0.4, -0.2) is 18.2 Å². The minimum atomic E-state index is -0.256. The maximum absolute atomic E-state index is 12.6. The van der Waals surface area contributed by atoms with Crippen LogP contribution in [0, 0.1) is 5.82 Å². The number of nitrogens with zero attached hydrogens (tertiary/aromatic N) is 1. The summed E-state index contributed by atoms with van der Waals surface area (Å²) >= 11 is 0. The van der Waals surface area contributed by atoms with Gasteiger partial charge in [-0.2, -0.15) is 0 Å². The minimum absolute atomic E-state index is 0.256. The molecule has 1 saturated heterocycles. The Kier molecular flexibility index (Phi) is 1.96. The molecule has 0 radical (unpaired) electrons. The van der Waals surface area contributed by atoms with Crippen molar-refractivity contribution in [2.24, 2.45) is 0 Å². The van der Waals surface area contributed by atoms with E-state index in [1.807, 2.05) is 5.06 Å². The van der Waals surface area contributed by atoms with Crippen molar-refractivity contribution in [1.29, 1.82) is 0 Å². The molecule has 1 aromatic carbocycles. The summed E-state index contributed by atoms with van der Waals surface area (Å²) in [5, 5.41) is 1.81. The molecule has 12 heavy (non-hydrogen) atoms. The van der Waals surface area contributed by atoms with Crippen LogP contribution in [0.15, 0.2) is 24.3 Å². The highest BCUT2D eigenvalue weighted by Crippen LogP contribution is 2.16. The molecule has 2 rings (SSSR count). The zero-order valence-corrected chi connectivity index (χ0v) is 6.66. The molecule has 3 heteroatoms. The first-order chi connectivity index (χ1) is 5.84. The summed E-state index contributed by atoms with van der Waals surface area (Å²) in [4.78, 5) is 5.32. The third-order valence-electron chi connectivity index (χ3n) is 1.85. The van der Waals surface area contributed by atoms with Gasteiger partial charge in [0.05, 0.1) is 0 Å². The SMILES string of the molecule is Fc1cccc(ON2CCC2)c1. The van der Waals surface area contributed by atoms with Crippen molar-refractivity contribution in [3.8, 4) is 5.75 Å². The Bertz CT molecular complexity index is 273. The third kappa shape index (κ3) is 1.56. The Morgan fingerprint density at radius 2 is 2.17 bits per heavy atom. The second-order valence-electron chi connectivity index (χ2n) is 2.83. The summed E-state index contributed by atoms with van der Waals surface area (Å²) in [6.45, 7) is 1.88. The van der Waals surface area contributed by atoms with Crippen LogP contribution in [0.3, 0.4) is 0 Å². The Balaban J connectivity index is 2.02. The molecular weight excluding hydrogens is 157 g/mol. The molecule has 0 aromatic heterocycles. The quantitative estimate of drug-likeness (QED) is 0.666. The van der Waals surface area contributed by atoms with E-state index in [1.165, 1.54) is 12.1 Å². The van der Waals surface area contributed by atoms with Crippen molar-refractivity contribution >= 4 is 0 Å². The van der Waals surface area contributed by atoms with Gasteiger partial charge in [-0.25, -0.2) is 4.39 Å². The molecule has 0 N–H and O–H groups in total. The fraction of sp³-hybridized carbons (Fsp3) is 0.333. The average molecular weight is 167 g/mol. The van der Waals surface area contributed by atoms with E-state index in [4.69, 9.17) is 4.84 Å².